The summed E-state index contributed by atoms with van der Waals surface area (Å²) in [5, 5.41) is 6.46. The first kappa shape index (κ1) is 15.8. The Balaban J connectivity index is 1.88. The van der Waals surface area contributed by atoms with Crippen LogP contribution < -0.4 is 0 Å². The van der Waals surface area contributed by atoms with Crippen LogP contribution in [0.15, 0.2) is 54.6 Å². The summed E-state index contributed by atoms with van der Waals surface area (Å²) in [6, 6.07) is 18.5. The van der Waals surface area contributed by atoms with Crippen LogP contribution in [0, 0.1) is 13.8 Å². The average Bonchev–Trinajstić information content (AvgIpc) is 2.99. The lowest BCUT2D eigenvalue weighted by Gasteiger charge is -2.04. The second-order valence-corrected chi connectivity index (χ2v) is 6.42. The molecule has 0 unspecified atom stereocenters. The van der Waals surface area contributed by atoms with Gasteiger partial charge in [0.25, 0.3) is 0 Å². The highest BCUT2D eigenvalue weighted by Crippen LogP contribution is 2.28. The minimum atomic E-state index is 0.608. The molecule has 0 amide bonds. The molecule has 124 valence electrons. The number of hydrogen-bond acceptors (Lipinski definition) is 3. The minimum absolute atomic E-state index is 0.608. The van der Waals surface area contributed by atoms with Crippen LogP contribution in [0.1, 0.15) is 17.0 Å². The van der Waals surface area contributed by atoms with Gasteiger partial charge < -0.3 is 0 Å². The van der Waals surface area contributed by atoms with Gasteiger partial charge in [0.05, 0.1) is 28.5 Å². The average molecular weight is 349 g/mol. The highest BCUT2D eigenvalue weighted by Gasteiger charge is 2.16. The quantitative estimate of drug-likeness (QED) is 0.533. The van der Waals surface area contributed by atoms with Crippen molar-refractivity contribution in [2.75, 3.05) is 0 Å². The van der Waals surface area contributed by atoms with Crippen molar-refractivity contribution in [1.82, 2.24) is 19.7 Å². The van der Waals surface area contributed by atoms with Gasteiger partial charge in [0.2, 0.25) is 0 Å². The van der Waals surface area contributed by atoms with E-state index < -0.39 is 0 Å². The number of para-hydroxylation sites is 1. The lowest BCUT2D eigenvalue weighted by Crippen LogP contribution is -2.02. The second-order valence-electron chi connectivity index (χ2n) is 6.04. The van der Waals surface area contributed by atoms with Crippen molar-refractivity contribution < 1.29 is 0 Å². The summed E-state index contributed by atoms with van der Waals surface area (Å²) in [7, 11) is 0. The fourth-order valence-electron chi connectivity index (χ4n) is 2.98. The molecule has 0 saturated carbocycles. The Morgan fingerprint density at radius 2 is 1.52 bits per heavy atom. The number of hydrogen-bond donors (Lipinski definition) is 0. The van der Waals surface area contributed by atoms with E-state index in [2.05, 4.69) is 34.2 Å². The molecule has 25 heavy (non-hydrogen) atoms. The first-order valence-electron chi connectivity index (χ1n) is 8.14. The topological polar surface area (TPSA) is 43.6 Å². The third kappa shape index (κ3) is 2.89. The van der Waals surface area contributed by atoms with Gasteiger partial charge in [-0.05, 0) is 25.5 Å². The van der Waals surface area contributed by atoms with E-state index in [0.717, 1.165) is 28.0 Å². The fourth-order valence-corrected chi connectivity index (χ4v) is 3.06. The number of aryl methyl sites for hydroxylation is 2. The number of aromatic nitrogens is 4. The molecule has 2 aromatic heterocycles. The summed E-state index contributed by atoms with van der Waals surface area (Å²) in [4.78, 5) is 9.11. The van der Waals surface area contributed by atoms with Gasteiger partial charge in [-0.3, -0.25) is 4.68 Å². The Bertz CT molecular complexity index is 1030. The number of halogens is 1. The van der Waals surface area contributed by atoms with E-state index in [-0.39, 0.29) is 0 Å². The highest BCUT2D eigenvalue weighted by molar-refractivity contribution is 6.31. The Hall–Kier alpha value is -2.72. The van der Waals surface area contributed by atoms with Gasteiger partial charge in [0.1, 0.15) is 5.69 Å². The number of rotatable bonds is 3. The predicted molar refractivity (Wildman–Crippen MR) is 101 cm³/mol. The standard InChI is InChI=1S/C20H17ClN4/c1-13-18(21)14(2)23-20(22-13)19-16-10-6-7-11-17(16)25(24-19)12-15-8-4-3-5-9-15/h3-11H,12H2,1-2H3. The van der Waals surface area contributed by atoms with Gasteiger partial charge in [0, 0.05) is 5.39 Å². The zero-order valence-electron chi connectivity index (χ0n) is 14.1. The van der Waals surface area contributed by atoms with E-state index >= 15 is 0 Å². The van der Waals surface area contributed by atoms with E-state index in [1.165, 1.54) is 5.56 Å². The third-order valence-electron chi connectivity index (χ3n) is 4.23. The molecule has 0 N–H and O–H groups in total. The fraction of sp³-hybridized carbons (Fsp3) is 0.150. The van der Waals surface area contributed by atoms with E-state index in [4.69, 9.17) is 16.7 Å². The molecule has 0 atom stereocenters. The van der Waals surface area contributed by atoms with Crippen LogP contribution in [0.25, 0.3) is 22.4 Å². The summed E-state index contributed by atoms with van der Waals surface area (Å²) >= 11 is 6.22. The molecule has 0 spiro atoms. The van der Waals surface area contributed by atoms with E-state index in [9.17, 15) is 0 Å². The van der Waals surface area contributed by atoms with Crippen molar-refractivity contribution in [1.29, 1.82) is 0 Å². The van der Waals surface area contributed by atoms with Crippen LogP contribution in [0.2, 0.25) is 5.02 Å². The van der Waals surface area contributed by atoms with E-state index in [0.29, 0.717) is 17.4 Å². The molecule has 0 aliphatic heterocycles. The number of fused-ring (bicyclic) bond motifs is 1. The van der Waals surface area contributed by atoms with Crippen molar-refractivity contribution in [2.45, 2.75) is 20.4 Å². The van der Waals surface area contributed by atoms with Gasteiger partial charge in [-0.1, -0.05) is 60.1 Å². The molecule has 0 aliphatic carbocycles. The Morgan fingerprint density at radius 3 is 2.24 bits per heavy atom. The van der Waals surface area contributed by atoms with Crippen LogP contribution in [0.4, 0.5) is 0 Å². The predicted octanol–water partition coefficient (Wildman–Crippen LogP) is 4.81. The van der Waals surface area contributed by atoms with Gasteiger partial charge in [-0.15, -0.1) is 0 Å². The molecule has 4 aromatic rings. The summed E-state index contributed by atoms with van der Waals surface area (Å²) < 4.78 is 2.00. The SMILES string of the molecule is Cc1nc(-c2nn(Cc3ccccc3)c3ccccc23)nc(C)c1Cl. The normalized spacial score (nSPS) is 11.2. The van der Waals surface area contributed by atoms with Crippen molar-refractivity contribution in [3.8, 4) is 11.5 Å². The molecule has 0 aliphatic rings. The van der Waals surface area contributed by atoms with Gasteiger partial charge in [-0.25, -0.2) is 9.97 Å². The van der Waals surface area contributed by atoms with Crippen molar-refractivity contribution in [3.05, 3.63) is 76.6 Å². The van der Waals surface area contributed by atoms with Crippen molar-refractivity contribution >= 4 is 22.5 Å². The molecule has 2 aromatic carbocycles. The highest BCUT2D eigenvalue weighted by atomic mass is 35.5. The molecular formula is C20H17ClN4. The summed E-state index contributed by atoms with van der Waals surface area (Å²) in [6.07, 6.45) is 0. The summed E-state index contributed by atoms with van der Waals surface area (Å²) in [5.74, 6) is 0.613. The summed E-state index contributed by atoms with van der Waals surface area (Å²) in [5.41, 5.74) is 4.59. The zero-order valence-corrected chi connectivity index (χ0v) is 14.8. The molecule has 5 heteroatoms. The van der Waals surface area contributed by atoms with Crippen molar-refractivity contribution in [2.24, 2.45) is 0 Å². The van der Waals surface area contributed by atoms with Crippen molar-refractivity contribution in [3.63, 3.8) is 0 Å². The molecule has 0 fully saturated rings. The lowest BCUT2D eigenvalue weighted by molar-refractivity contribution is 0.713. The first-order valence-corrected chi connectivity index (χ1v) is 8.52. The summed E-state index contributed by atoms with van der Waals surface area (Å²) in [6.45, 7) is 4.49. The van der Waals surface area contributed by atoms with Crippen LogP contribution in [-0.2, 0) is 6.54 Å². The largest absolute Gasteiger partial charge is 0.260 e. The van der Waals surface area contributed by atoms with Gasteiger partial charge >= 0.3 is 0 Å². The van der Waals surface area contributed by atoms with Crippen LogP contribution in [0.3, 0.4) is 0 Å². The molecule has 2 heterocycles. The van der Waals surface area contributed by atoms with Crippen LogP contribution >= 0.6 is 11.6 Å². The van der Waals surface area contributed by atoms with Crippen LogP contribution in [0.5, 0.6) is 0 Å². The maximum Gasteiger partial charge on any atom is 0.181 e. The second kappa shape index (κ2) is 6.30. The molecule has 0 saturated heterocycles. The third-order valence-corrected chi connectivity index (χ3v) is 4.77. The Morgan fingerprint density at radius 1 is 0.880 bits per heavy atom. The first-order chi connectivity index (χ1) is 12.1. The van der Waals surface area contributed by atoms with E-state index in [1.54, 1.807) is 0 Å². The molecule has 4 rings (SSSR count). The monoisotopic (exact) mass is 348 g/mol. The lowest BCUT2D eigenvalue weighted by atomic mass is 10.2. The van der Waals surface area contributed by atoms with Crippen LogP contribution in [-0.4, -0.2) is 19.7 Å². The molecule has 4 nitrogen and oxygen atoms in total. The van der Waals surface area contributed by atoms with Gasteiger partial charge in [-0.2, -0.15) is 5.10 Å². The van der Waals surface area contributed by atoms with E-state index in [1.807, 2.05) is 48.9 Å². The number of nitrogens with zero attached hydrogens (tertiary/aromatic N) is 4. The molecular weight excluding hydrogens is 332 g/mol. The molecule has 0 bridgehead atoms. The Labute approximate surface area is 151 Å². The molecule has 0 radical (unpaired) electrons. The smallest absolute Gasteiger partial charge is 0.181 e. The Kier molecular flexibility index (Phi) is 3.98. The maximum absolute atomic E-state index is 6.22. The minimum Gasteiger partial charge on any atom is -0.260 e. The van der Waals surface area contributed by atoms with Gasteiger partial charge in [0.15, 0.2) is 5.82 Å². The number of benzene rings is 2. The maximum atomic E-state index is 6.22. The zero-order chi connectivity index (χ0) is 17.4.